The van der Waals surface area contributed by atoms with Gasteiger partial charge in [-0.25, -0.2) is 4.79 Å². The predicted molar refractivity (Wildman–Crippen MR) is 27.9 cm³/mol. The molecule has 0 saturated carbocycles. The second-order valence-corrected chi connectivity index (χ2v) is 1.85. The van der Waals surface area contributed by atoms with Crippen LogP contribution in [0.25, 0.3) is 0 Å². The molecule has 0 bridgehead atoms. The van der Waals surface area contributed by atoms with Gasteiger partial charge in [-0.15, -0.1) is 0 Å². The Kier molecular flexibility index (Phi) is 2.96. The zero-order valence-corrected chi connectivity index (χ0v) is 5.66. The van der Waals surface area contributed by atoms with Crippen molar-refractivity contribution in [1.29, 1.82) is 0 Å². The summed E-state index contributed by atoms with van der Waals surface area (Å²) in [6, 6.07) is 0. The Morgan fingerprint density at radius 3 is 2.10 bits per heavy atom. The van der Waals surface area contributed by atoms with E-state index in [1.165, 1.54) is 0 Å². The third-order valence-corrected chi connectivity index (χ3v) is 0.819. The number of hydrogen-bond acceptors (Lipinski definition) is 2. The molecule has 1 atom stereocenters. The highest BCUT2D eigenvalue weighted by Gasteiger charge is 2.38. The Labute approximate surface area is 59.9 Å². The first-order valence-corrected chi connectivity index (χ1v) is 2.64. The smallest absolute Gasteiger partial charge is 0.425 e. The molecule has 0 radical (unpaired) electrons. The second-order valence-electron chi connectivity index (χ2n) is 1.54. The molecule has 0 aliphatic heterocycles. The maximum atomic E-state index is 11.5. The van der Waals surface area contributed by atoms with Gasteiger partial charge in [0.15, 0.2) is 6.10 Å². The maximum absolute atomic E-state index is 11.5. The number of alkyl halides is 3. The number of carbonyl (C=O) groups is 1. The van der Waals surface area contributed by atoms with Crippen LogP contribution in [0.4, 0.5) is 18.0 Å². The highest BCUT2D eigenvalue weighted by atomic mass is 35.5. The lowest BCUT2D eigenvalue weighted by Crippen LogP contribution is -2.29. The van der Waals surface area contributed by atoms with Crippen LogP contribution in [0, 0.1) is 0 Å². The Morgan fingerprint density at radius 2 is 2.00 bits per heavy atom. The fraction of sp³-hybridized carbons (Fsp3) is 0.750. The zero-order valence-electron chi connectivity index (χ0n) is 4.91. The molecular weight excluding hydrogens is 172 g/mol. The third-order valence-electron chi connectivity index (χ3n) is 0.730. The van der Waals surface area contributed by atoms with E-state index in [0.29, 0.717) is 6.92 Å². The number of hydrogen-bond donors (Lipinski definition) is 0. The molecule has 0 heterocycles. The van der Waals surface area contributed by atoms with Crippen molar-refractivity contribution in [2.45, 2.75) is 19.2 Å². The van der Waals surface area contributed by atoms with Crippen LogP contribution < -0.4 is 0 Å². The summed E-state index contributed by atoms with van der Waals surface area (Å²) in [6.07, 6.45) is -6.68. The monoisotopic (exact) mass is 176 g/mol. The van der Waals surface area contributed by atoms with Gasteiger partial charge in [-0.2, -0.15) is 13.2 Å². The first-order chi connectivity index (χ1) is 4.34. The van der Waals surface area contributed by atoms with E-state index in [4.69, 9.17) is 0 Å². The molecule has 0 amide bonds. The number of halogens is 4. The van der Waals surface area contributed by atoms with Crippen molar-refractivity contribution >= 4 is 17.0 Å². The van der Waals surface area contributed by atoms with Crippen molar-refractivity contribution in [3.8, 4) is 0 Å². The van der Waals surface area contributed by atoms with E-state index in [2.05, 4.69) is 16.3 Å². The second kappa shape index (κ2) is 3.09. The Morgan fingerprint density at radius 1 is 1.60 bits per heavy atom. The molecule has 0 aromatic rings. The van der Waals surface area contributed by atoms with Gasteiger partial charge in [0.1, 0.15) is 0 Å². The summed E-state index contributed by atoms with van der Waals surface area (Å²) in [5.74, 6) is 0. The van der Waals surface area contributed by atoms with Gasteiger partial charge >= 0.3 is 11.6 Å². The summed E-state index contributed by atoms with van der Waals surface area (Å²) in [7, 11) is 0. The SMILES string of the molecule is CC(OC(=O)Cl)C(F)(F)F. The highest BCUT2D eigenvalue weighted by molar-refractivity contribution is 6.61. The van der Waals surface area contributed by atoms with Crippen LogP contribution in [0.2, 0.25) is 0 Å². The highest BCUT2D eigenvalue weighted by Crippen LogP contribution is 2.22. The first kappa shape index (κ1) is 9.55. The fourth-order valence-electron chi connectivity index (χ4n) is 0.206. The topological polar surface area (TPSA) is 26.3 Å². The maximum Gasteiger partial charge on any atom is 0.425 e. The van der Waals surface area contributed by atoms with E-state index in [9.17, 15) is 18.0 Å². The molecule has 0 N–H and O–H groups in total. The largest absolute Gasteiger partial charge is 0.441 e. The first-order valence-electron chi connectivity index (χ1n) is 2.27. The van der Waals surface area contributed by atoms with E-state index in [1.54, 1.807) is 0 Å². The van der Waals surface area contributed by atoms with E-state index in [0.717, 1.165) is 0 Å². The van der Waals surface area contributed by atoms with Gasteiger partial charge in [0.25, 0.3) is 0 Å². The quantitative estimate of drug-likeness (QED) is 0.573. The Balaban J connectivity index is 3.85. The lowest BCUT2D eigenvalue weighted by Gasteiger charge is -2.13. The molecule has 0 aromatic heterocycles. The van der Waals surface area contributed by atoms with Gasteiger partial charge in [0.05, 0.1) is 0 Å². The van der Waals surface area contributed by atoms with Crippen molar-refractivity contribution in [3.63, 3.8) is 0 Å². The van der Waals surface area contributed by atoms with E-state index in [-0.39, 0.29) is 0 Å². The normalized spacial score (nSPS) is 14.5. The number of carbonyl (C=O) groups excluding carboxylic acids is 1. The zero-order chi connectivity index (χ0) is 8.36. The Hall–Kier alpha value is -0.450. The molecule has 0 aromatic carbocycles. The summed E-state index contributed by atoms with van der Waals surface area (Å²) in [5, 5.41) is 0. The molecule has 0 rings (SSSR count). The molecule has 6 heteroatoms. The summed E-state index contributed by atoms with van der Waals surface area (Å²) in [4.78, 5) is 9.74. The van der Waals surface area contributed by atoms with Crippen LogP contribution in [0.1, 0.15) is 6.92 Å². The summed E-state index contributed by atoms with van der Waals surface area (Å²) in [6.45, 7) is 0.695. The average molecular weight is 177 g/mol. The van der Waals surface area contributed by atoms with Crippen LogP contribution in [0.5, 0.6) is 0 Å². The van der Waals surface area contributed by atoms with Gasteiger partial charge in [-0.05, 0) is 6.92 Å². The van der Waals surface area contributed by atoms with Crippen LogP contribution in [0.15, 0.2) is 0 Å². The average Bonchev–Trinajstić information content (AvgIpc) is 1.60. The van der Waals surface area contributed by atoms with Crippen LogP contribution in [-0.2, 0) is 4.74 Å². The molecule has 2 nitrogen and oxygen atoms in total. The van der Waals surface area contributed by atoms with Crippen LogP contribution in [0.3, 0.4) is 0 Å². The summed E-state index contributed by atoms with van der Waals surface area (Å²) < 4.78 is 38.0. The predicted octanol–water partition coefficient (Wildman–Crippen LogP) is 2.31. The van der Waals surface area contributed by atoms with Gasteiger partial charge in [0, 0.05) is 11.6 Å². The van der Waals surface area contributed by atoms with Gasteiger partial charge in [-0.1, -0.05) is 0 Å². The van der Waals surface area contributed by atoms with Crippen LogP contribution in [-0.4, -0.2) is 17.7 Å². The number of rotatable bonds is 1. The van der Waals surface area contributed by atoms with Gasteiger partial charge in [-0.3, -0.25) is 0 Å². The molecule has 0 fully saturated rings. The summed E-state index contributed by atoms with van der Waals surface area (Å²) >= 11 is 4.52. The Bertz CT molecular complexity index is 133. The molecule has 0 saturated heterocycles. The van der Waals surface area contributed by atoms with Gasteiger partial charge in [0.2, 0.25) is 0 Å². The minimum absolute atomic E-state index is 0.695. The van der Waals surface area contributed by atoms with Crippen molar-refractivity contribution < 1.29 is 22.7 Å². The van der Waals surface area contributed by atoms with Gasteiger partial charge < -0.3 is 4.74 Å². The lowest BCUT2D eigenvalue weighted by molar-refractivity contribution is -0.195. The van der Waals surface area contributed by atoms with Crippen molar-refractivity contribution in [2.24, 2.45) is 0 Å². The van der Waals surface area contributed by atoms with Crippen molar-refractivity contribution in [2.75, 3.05) is 0 Å². The molecule has 60 valence electrons. The number of ether oxygens (including phenoxy) is 1. The molecule has 1 unspecified atom stereocenters. The summed E-state index contributed by atoms with van der Waals surface area (Å²) in [5.41, 5.74) is -1.45. The molecule has 0 aliphatic carbocycles. The molecule has 10 heavy (non-hydrogen) atoms. The lowest BCUT2D eigenvalue weighted by atomic mass is 10.4. The van der Waals surface area contributed by atoms with Crippen molar-refractivity contribution in [3.05, 3.63) is 0 Å². The standard InChI is InChI=1S/C4H4ClF3O2/c1-2(4(6,7)8)10-3(5)9/h2H,1H3. The molecular formula is C4H4ClF3O2. The molecule has 0 spiro atoms. The molecule has 0 aliphatic rings. The van der Waals surface area contributed by atoms with E-state index < -0.39 is 17.7 Å². The fourth-order valence-corrected chi connectivity index (χ4v) is 0.339. The minimum Gasteiger partial charge on any atom is -0.441 e. The van der Waals surface area contributed by atoms with E-state index in [1.807, 2.05) is 0 Å². The van der Waals surface area contributed by atoms with E-state index >= 15 is 0 Å². The third kappa shape index (κ3) is 3.55. The van der Waals surface area contributed by atoms with Crippen molar-refractivity contribution in [1.82, 2.24) is 0 Å². The minimum atomic E-state index is -4.54. The van der Waals surface area contributed by atoms with Crippen LogP contribution >= 0.6 is 11.6 Å².